The summed E-state index contributed by atoms with van der Waals surface area (Å²) in [4.78, 5) is 0. The number of ether oxygens (including phenoxy) is 2. The van der Waals surface area contributed by atoms with Gasteiger partial charge in [-0.25, -0.2) is 0 Å². The van der Waals surface area contributed by atoms with Crippen LogP contribution in [0.5, 0.6) is 11.5 Å². The third-order valence-electron chi connectivity index (χ3n) is 9.48. The van der Waals surface area contributed by atoms with E-state index in [0.29, 0.717) is 0 Å². The van der Waals surface area contributed by atoms with E-state index in [1.165, 1.54) is 64.7 Å². The molecule has 0 N–H and O–H groups in total. The molecule has 7 aromatic rings. The molecular formula is C42H35O2PSi. The maximum Gasteiger partial charge on any atom is 0.143 e. The highest BCUT2D eigenvalue weighted by atomic mass is 31.1. The smallest absolute Gasteiger partial charge is 0.143 e. The van der Waals surface area contributed by atoms with E-state index in [1.807, 2.05) is 6.07 Å². The third-order valence-corrected chi connectivity index (χ3v) is 15.6. The summed E-state index contributed by atoms with van der Waals surface area (Å²) in [5.41, 5.74) is 5.72. The van der Waals surface area contributed by atoms with E-state index >= 15 is 0 Å². The van der Waals surface area contributed by atoms with Crippen molar-refractivity contribution in [1.29, 1.82) is 0 Å². The molecule has 4 heteroatoms. The Balaban J connectivity index is 1.38. The van der Waals surface area contributed by atoms with Gasteiger partial charge in [-0.05, 0) is 78.7 Å². The van der Waals surface area contributed by atoms with E-state index in [0.717, 1.165) is 23.8 Å². The lowest BCUT2D eigenvalue weighted by Gasteiger charge is -2.27. The van der Waals surface area contributed by atoms with Crippen LogP contribution >= 0.6 is 7.92 Å². The van der Waals surface area contributed by atoms with Crippen LogP contribution in [0.2, 0.25) is 0 Å². The Morgan fingerprint density at radius 1 is 0.500 bits per heavy atom. The second kappa shape index (κ2) is 12.2. The van der Waals surface area contributed by atoms with Gasteiger partial charge in [0.1, 0.15) is 20.3 Å². The largest absolute Gasteiger partial charge is 0.497 e. The summed E-state index contributed by atoms with van der Waals surface area (Å²) in [6.07, 6.45) is 2.07. The van der Waals surface area contributed by atoms with E-state index < -0.39 is 16.7 Å². The molecule has 0 radical (unpaired) electrons. The summed E-state index contributed by atoms with van der Waals surface area (Å²) < 4.78 is 12.1. The van der Waals surface area contributed by atoms with Crippen molar-refractivity contribution in [1.82, 2.24) is 0 Å². The zero-order valence-electron chi connectivity index (χ0n) is 26.1. The molecule has 1 atom stereocenters. The highest BCUT2D eigenvalue weighted by Crippen LogP contribution is 2.52. The molecule has 2 nitrogen and oxygen atoms in total. The van der Waals surface area contributed by atoms with Crippen molar-refractivity contribution in [2.75, 3.05) is 14.2 Å². The molecule has 0 aromatic heterocycles. The Morgan fingerprint density at radius 3 is 1.61 bits per heavy atom. The first-order valence-corrected chi connectivity index (χ1v) is 19.3. The predicted molar refractivity (Wildman–Crippen MR) is 199 cm³/mol. The van der Waals surface area contributed by atoms with Crippen molar-refractivity contribution in [3.8, 4) is 22.6 Å². The van der Waals surface area contributed by atoms with Crippen LogP contribution < -0.4 is 30.3 Å². The lowest BCUT2D eigenvalue weighted by molar-refractivity contribution is 0.400. The fourth-order valence-corrected chi connectivity index (χ4v) is 14.2. The van der Waals surface area contributed by atoms with Gasteiger partial charge in [0.25, 0.3) is 0 Å². The van der Waals surface area contributed by atoms with Crippen molar-refractivity contribution in [3.05, 3.63) is 157 Å². The second-order valence-corrected chi connectivity index (χ2v) is 16.9. The van der Waals surface area contributed by atoms with Gasteiger partial charge in [-0.3, -0.25) is 0 Å². The van der Waals surface area contributed by atoms with E-state index in [1.54, 1.807) is 14.2 Å². The molecule has 0 saturated heterocycles. The van der Waals surface area contributed by atoms with Crippen LogP contribution in [0.1, 0.15) is 11.1 Å². The van der Waals surface area contributed by atoms with Gasteiger partial charge in [-0.1, -0.05) is 147 Å². The first-order valence-electron chi connectivity index (χ1n) is 15.9. The van der Waals surface area contributed by atoms with Gasteiger partial charge < -0.3 is 9.47 Å². The summed E-state index contributed by atoms with van der Waals surface area (Å²) in [5, 5.41) is 10.8. The number of hydrogen-bond donors (Lipinski definition) is 0. The van der Waals surface area contributed by atoms with Crippen molar-refractivity contribution in [2.24, 2.45) is 0 Å². The Morgan fingerprint density at radius 2 is 1.02 bits per heavy atom. The average molecular weight is 631 g/mol. The molecule has 0 unspecified atom stereocenters. The molecule has 224 valence electrons. The molecule has 0 amide bonds. The van der Waals surface area contributed by atoms with Crippen LogP contribution in [0.3, 0.4) is 0 Å². The van der Waals surface area contributed by atoms with E-state index in [2.05, 4.69) is 140 Å². The molecule has 8 rings (SSSR count). The molecule has 0 saturated carbocycles. The molecule has 0 fully saturated rings. The molecular weight excluding hydrogens is 596 g/mol. The molecule has 0 spiro atoms. The Hall–Kier alpha value is -4.69. The van der Waals surface area contributed by atoms with Gasteiger partial charge in [0.2, 0.25) is 0 Å². The number of hydrogen-bond acceptors (Lipinski definition) is 2. The normalized spacial score (nSPS) is 13.5. The minimum atomic E-state index is -2.03. The van der Waals surface area contributed by atoms with Crippen LogP contribution in [0.15, 0.2) is 146 Å². The van der Waals surface area contributed by atoms with Crippen LogP contribution in [0.25, 0.3) is 32.7 Å². The summed E-state index contributed by atoms with van der Waals surface area (Å²) in [5.74, 6) is 1.80. The predicted octanol–water partition coefficient (Wildman–Crippen LogP) is 7.75. The van der Waals surface area contributed by atoms with E-state index in [4.69, 9.17) is 9.47 Å². The van der Waals surface area contributed by atoms with Gasteiger partial charge >= 0.3 is 0 Å². The Kier molecular flexibility index (Phi) is 7.66. The third kappa shape index (κ3) is 4.92. The fraction of sp³-hybridized carbons (Fsp3) is 0.0952. The number of methoxy groups -OCH3 is 2. The van der Waals surface area contributed by atoms with Crippen molar-refractivity contribution >= 4 is 59.1 Å². The van der Waals surface area contributed by atoms with E-state index in [9.17, 15) is 0 Å². The van der Waals surface area contributed by atoms with Crippen molar-refractivity contribution < 1.29 is 9.47 Å². The molecule has 1 aliphatic rings. The fourth-order valence-electron chi connectivity index (χ4n) is 7.46. The first kappa shape index (κ1) is 28.8. The van der Waals surface area contributed by atoms with Gasteiger partial charge in [0.05, 0.1) is 14.2 Å². The zero-order chi connectivity index (χ0) is 31.0. The number of fused-ring (bicyclic) bond motifs is 7. The van der Waals surface area contributed by atoms with Crippen LogP contribution in [-0.2, 0) is 12.3 Å². The molecule has 0 bridgehead atoms. The molecule has 46 heavy (non-hydrogen) atoms. The summed E-state index contributed by atoms with van der Waals surface area (Å²) >= 11 is 0. The Labute approximate surface area is 273 Å². The van der Waals surface area contributed by atoms with Crippen molar-refractivity contribution in [2.45, 2.75) is 12.3 Å². The van der Waals surface area contributed by atoms with Crippen LogP contribution in [-0.4, -0.2) is 23.0 Å². The molecule has 1 heterocycles. The lowest BCUT2D eigenvalue weighted by Crippen LogP contribution is -2.56. The van der Waals surface area contributed by atoms with Gasteiger partial charge in [-0.2, -0.15) is 0 Å². The maximum absolute atomic E-state index is 6.05. The van der Waals surface area contributed by atoms with Gasteiger partial charge in [0.15, 0.2) is 0 Å². The quantitative estimate of drug-likeness (QED) is 0.106. The summed E-state index contributed by atoms with van der Waals surface area (Å²) in [6, 6.07) is 53.8. The molecule has 1 aliphatic heterocycles. The summed E-state index contributed by atoms with van der Waals surface area (Å²) in [7, 11) is 0.932. The highest BCUT2D eigenvalue weighted by molar-refractivity contribution is 7.64. The second-order valence-electron chi connectivity index (χ2n) is 12.0. The minimum absolute atomic E-state index is 0.586. The highest BCUT2D eigenvalue weighted by Gasteiger charge is 2.32. The van der Waals surface area contributed by atoms with Crippen molar-refractivity contribution in [3.63, 3.8) is 0 Å². The topological polar surface area (TPSA) is 18.5 Å². The Bertz CT molecular complexity index is 2100. The van der Waals surface area contributed by atoms with Crippen LogP contribution in [0, 0.1) is 0 Å². The first-order chi connectivity index (χ1) is 22.7. The summed E-state index contributed by atoms with van der Waals surface area (Å²) in [6.45, 7) is 0. The molecule has 0 aliphatic carbocycles. The maximum atomic E-state index is 6.05. The lowest BCUT2D eigenvalue weighted by atomic mass is 9.88. The average Bonchev–Trinajstić information content (AvgIpc) is 3.30. The van der Waals surface area contributed by atoms with E-state index in [-0.39, 0.29) is 0 Å². The zero-order valence-corrected chi connectivity index (χ0v) is 28.2. The SMILES string of the molecule is COc1cccc(OC)c1[Si@@H](c1ccccc1)c1ccccc1P1Cc2ccc3ccccc3c2-c2c(ccc3ccccc23)C1. The standard InChI is InChI=1S/C42H35O2PSi/c1-43-36-19-12-20-37(44-2)42(36)46(33-15-4-3-5-16-33)39-22-11-10-21-38(39)45-27-31-25-23-29-13-6-8-17-34(29)40(31)41-32(28-45)26-24-30-14-7-9-18-35(30)41/h3-26,46H,27-28H2,1-2H3/t46-/m0/s1. The minimum Gasteiger partial charge on any atom is -0.497 e. The molecule has 7 aromatic carbocycles. The number of rotatable bonds is 6. The van der Waals surface area contributed by atoms with Crippen LogP contribution in [0.4, 0.5) is 0 Å². The van der Waals surface area contributed by atoms with Gasteiger partial charge in [0, 0.05) is 5.19 Å². The van der Waals surface area contributed by atoms with Gasteiger partial charge in [-0.15, -0.1) is 0 Å². The number of benzene rings is 7. The monoisotopic (exact) mass is 630 g/mol.